The number of hydrazone groups is 1. The molecule has 0 fully saturated rings. The van der Waals surface area contributed by atoms with Crippen LogP contribution in [0.4, 0.5) is 5.95 Å². The van der Waals surface area contributed by atoms with Crippen molar-refractivity contribution in [3.8, 4) is 0 Å². The zero-order valence-electron chi connectivity index (χ0n) is 17.3. The first-order valence-electron chi connectivity index (χ1n) is 9.64. The molecule has 2 heterocycles. The van der Waals surface area contributed by atoms with Crippen LogP contribution in [0.15, 0.2) is 61.6 Å². The molecule has 0 saturated carbocycles. The Balaban J connectivity index is 1.80. The molecule has 31 heavy (non-hydrogen) atoms. The van der Waals surface area contributed by atoms with Crippen molar-refractivity contribution in [1.82, 2.24) is 19.1 Å². The number of hydrogen-bond acceptors (Lipinski definition) is 5. The van der Waals surface area contributed by atoms with Crippen LogP contribution in [0.1, 0.15) is 22.3 Å². The van der Waals surface area contributed by atoms with Crippen molar-refractivity contribution in [2.75, 3.05) is 5.43 Å². The highest BCUT2D eigenvalue weighted by Crippen LogP contribution is 2.20. The van der Waals surface area contributed by atoms with Gasteiger partial charge in [0.25, 0.3) is 5.56 Å². The van der Waals surface area contributed by atoms with Gasteiger partial charge >= 0.3 is 5.69 Å². The minimum atomic E-state index is -0.515. The molecule has 0 bridgehead atoms. The van der Waals surface area contributed by atoms with Crippen molar-refractivity contribution in [2.24, 2.45) is 12.1 Å². The highest BCUT2D eigenvalue weighted by Gasteiger charge is 2.18. The van der Waals surface area contributed by atoms with Gasteiger partial charge in [-0.25, -0.2) is 10.2 Å². The molecule has 4 rings (SSSR count). The molecular formula is C22H21BrN6O2. The van der Waals surface area contributed by atoms with Crippen molar-refractivity contribution in [3.05, 3.63) is 90.0 Å². The number of rotatable bonds is 5. The van der Waals surface area contributed by atoms with E-state index in [9.17, 15) is 9.59 Å². The molecule has 0 aliphatic heterocycles. The lowest BCUT2D eigenvalue weighted by Gasteiger charge is -2.11. The quantitative estimate of drug-likeness (QED) is 0.338. The molecule has 0 atom stereocenters. The molecule has 8 nitrogen and oxygen atoms in total. The first-order valence-corrected chi connectivity index (χ1v) is 10.4. The number of nitrogens with zero attached hydrogens (tertiary/aromatic N) is 4. The van der Waals surface area contributed by atoms with E-state index < -0.39 is 11.2 Å². The zero-order chi connectivity index (χ0) is 22.1. The van der Waals surface area contributed by atoms with Gasteiger partial charge < -0.3 is 0 Å². The summed E-state index contributed by atoms with van der Waals surface area (Å²) in [5.41, 5.74) is 6.70. The lowest BCUT2D eigenvalue weighted by molar-refractivity contribution is 0.804. The van der Waals surface area contributed by atoms with Gasteiger partial charge in [-0.05, 0) is 42.7 Å². The molecule has 9 heteroatoms. The first-order chi connectivity index (χ1) is 14.8. The Morgan fingerprint density at radius 2 is 1.90 bits per heavy atom. The predicted molar refractivity (Wildman–Crippen MR) is 126 cm³/mol. The van der Waals surface area contributed by atoms with Crippen LogP contribution in [0.25, 0.3) is 11.2 Å². The number of anilines is 1. The molecule has 158 valence electrons. The van der Waals surface area contributed by atoms with Gasteiger partial charge in [-0.1, -0.05) is 51.8 Å². The van der Waals surface area contributed by atoms with E-state index in [1.807, 2.05) is 50.2 Å². The number of imidazole rings is 1. The van der Waals surface area contributed by atoms with Gasteiger partial charge in [0, 0.05) is 11.5 Å². The van der Waals surface area contributed by atoms with Crippen LogP contribution in [0.2, 0.25) is 0 Å². The maximum atomic E-state index is 12.7. The summed E-state index contributed by atoms with van der Waals surface area (Å²) in [6.07, 6.45) is 1.66. The molecule has 0 unspecified atom stereocenters. The summed E-state index contributed by atoms with van der Waals surface area (Å²) in [5, 5.41) is 4.29. The molecule has 0 spiro atoms. The molecular weight excluding hydrogens is 460 g/mol. The summed E-state index contributed by atoms with van der Waals surface area (Å²) in [5.74, 6) is 0.371. The number of halogens is 1. The smallest absolute Gasteiger partial charge is 0.298 e. The zero-order valence-corrected chi connectivity index (χ0v) is 18.9. The van der Waals surface area contributed by atoms with Crippen LogP contribution in [0.5, 0.6) is 0 Å². The number of benzene rings is 2. The summed E-state index contributed by atoms with van der Waals surface area (Å²) in [7, 11) is 1.57. The number of aromatic amines is 1. The van der Waals surface area contributed by atoms with E-state index in [0.29, 0.717) is 23.7 Å². The Kier molecular flexibility index (Phi) is 5.60. The maximum Gasteiger partial charge on any atom is 0.329 e. The fourth-order valence-electron chi connectivity index (χ4n) is 3.33. The fourth-order valence-corrected chi connectivity index (χ4v) is 3.59. The third kappa shape index (κ3) is 4.22. The fraction of sp³-hybridized carbons (Fsp3) is 0.182. The Morgan fingerprint density at radius 3 is 2.65 bits per heavy atom. The lowest BCUT2D eigenvalue weighted by Crippen LogP contribution is -2.29. The number of H-pyrrole nitrogens is 1. The van der Waals surface area contributed by atoms with Crippen LogP contribution in [-0.2, 0) is 13.6 Å². The van der Waals surface area contributed by atoms with Crippen LogP contribution < -0.4 is 16.7 Å². The standard InChI is InChI=1S/C22H21BrN6O2/c1-13-4-5-14(2)16(10-13)12-29-18-19(28(3)22(31)26-20(18)30)25-21(29)27-24-11-15-6-8-17(23)9-7-15/h4-11H,12H2,1-3H3,(H,25,27)(H,26,30,31)/b24-11+. The van der Waals surface area contributed by atoms with Gasteiger partial charge in [0.2, 0.25) is 5.95 Å². The van der Waals surface area contributed by atoms with Gasteiger partial charge in [-0.2, -0.15) is 10.1 Å². The van der Waals surface area contributed by atoms with Gasteiger partial charge in [-0.3, -0.25) is 18.9 Å². The molecule has 2 aromatic carbocycles. The second-order valence-corrected chi connectivity index (χ2v) is 8.28. The van der Waals surface area contributed by atoms with Crippen molar-refractivity contribution in [2.45, 2.75) is 20.4 Å². The minimum absolute atomic E-state index is 0.292. The Hall–Kier alpha value is -3.46. The second kappa shape index (κ2) is 8.35. The lowest BCUT2D eigenvalue weighted by atomic mass is 10.1. The monoisotopic (exact) mass is 480 g/mol. The van der Waals surface area contributed by atoms with Crippen molar-refractivity contribution in [3.63, 3.8) is 0 Å². The summed E-state index contributed by atoms with van der Waals surface area (Å²) < 4.78 is 4.04. The molecule has 0 aliphatic carbocycles. The van der Waals surface area contributed by atoms with Crippen molar-refractivity contribution < 1.29 is 0 Å². The molecule has 0 saturated heterocycles. The third-order valence-corrected chi connectivity index (χ3v) is 5.62. The molecule has 0 aliphatic rings. The topological polar surface area (TPSA) is 97.1 Å². The normalized spacial score (nSPS) is 11.5. The second-order valence-electron chi connectivity index (χ2n) is 7.36. The summed E-state index contributed by atoms with van der Waals surface area (Å²) >= 11 is 3.41. The Bertz CT molecular complexity index is 1410. The average molecular weight is 481 g/mol. The molecule has 2 aromatic heterocycles. The predicted octanol–water partition coefficient (Wildman–Crippen LogP) is 3.30. The average Bonchev–Trinajstić information content (AvgIpc) is 3.09. The minimum Gasteiger partial charge on any atom is -0.298 e. The van der Waals surface area contributed by atoms with E-state index in [0.717, 1.165) is 26.7 Å². The molecule has 4 aromatic rings. The molecule has 2 N–H and O–H groups in total. The van der Waals surface area contributed by atoms with E-state index in [1.165, 1.54) is 4.57 Å². The number of hydrogen-bond donors (Lipinski definition) is 2. The Labute approximate surface area is 186 Å². The third-order valence-electron chi connectivity index (χ3n) is 5.09. The number of fused-ring (bicyclic) bond motifs is 1. The molecule has 0 radical (unpaired) electrons. The summed E-state index contributed by atoms with van der Waals surface area (Å²) in [4.78, 5) is 31.6. The van der Waals surface area contributed by atoms with E-state index in [2.05, 4.69) is 42.5 Å². The number of aryl methyl sites for hydroxylation is 3. The largest absolute Gasteiger partial charge is 0.329 e. The van der Waals surface area contributed by atoms with Gasteiger partial charge in [-0.15, -0.1) is 0 Å². The maximum absolute atomic E-state index is 12.7. The first kappa shape index (κ1) is 20.8. The van der Waals surface area contributed by atoms with Gasteiger partial charge in [0.05, 0.1) is 12.8 Å². The van der Waals surface area contributed by atoms with Crippen molar-refractivity contribution >= 4 is 39.3 Å². The summed E-state index contributed by atoms with van der Waals surface area (Å²) in [6, 6.07) is 13.8. The van der Waals surface area contributed by atoms with Gasteiger partial charge in [0.15, 0.2) is 11.2 Å². The number of aromatic nitrogens is 4. The highest BCUT2D eigenvalue weighted by atomic mass is 79.9. The van der Waals surface area contributed by atoms with Gasteiger partial charge in [0.1, 0.15) is 0 Å². The summed E-state index contributed by atoms with van der Waals surface area (Å²) in [6.45, 7) is 4.45. The van der Waals surface area contributed by atoms with E-state index in [-0.39, 0.29) is 0 Å². The van der Waals surface area contributed by atoms with Crippen LogP contribution in [0, 0.1) is 13.8 Å². The van der Waals surface area contributed by atoms with Crippen LogP contribution in [-0.4, -0.2) is 25.3 Å². The van der Waals surface area contributed by atoms with E-state index in [1.54, 1.807) is 17.8 Å². The highest BCUT2D eigenvalue weighted by molar-refractivity contribution is 9.10. The SMILES string of the molecule is Cc1ccc(C)c(Cn2c(N/N=C/c3ccc(Br)cc3)nc3c2c(=O)[nH]c(=O)n3C)c1. The molecule has 0 amide bonds. The van der Waals surface area contributed by atoms with Crippen LogP contribution in [0.3, 0.4) is 0 Å². The van der Waals surface area contributed by atoms with Crippen molar-refractivity contribution in [1.29, 1.82) is 0 Å². The number of nitrogens with one attached hydrogen (secondary N) is 2. The Morgan fingerprint density at radius 1 is 1.16 bits per heavy atom. The van der Waals surface area contributed by atoms with E-state index >= 15 is 0 Å². The van der Waals surface area contributed by atoms with E-state index in [4.69, 9.17) is 0 Å². The van der Waals surface area contributed by atoms with Crippen LogP contribution >= 0.6 is 15.9 Å².